The summed E-state index contributed by atoms with van der Waals surface area (Å²) >= 11 is 2.91. The zero-order chi connectivity index (χ0) is 19.8. The number of hydrogen-bond donors (Lipinski definition) is 0. The molecule has 28 heavy (non-hydrogen) atoms. The fraction of sp³-hybridized carbons (Fsp3) is 0.200. The average molecular weight is 411 g/mol. The van der Waals surface area contributed by atoms with Crippen molar-refractivity contribution in [3.63, 3.8) is 0 Å². The molecule has 1 aromatic carbocycles. The summed E-state index contributed by atoms with van der Waals surface area (Å²) in [6, 6.07) is 9.40. The van der Waals surface area contributed by atoms with Crippen LogP contribution in [0.3, 0.4) is 0 Å². The third kappa shape index (κ3) is 3.25. The van der Waals surface area contributed by atoms with Gasteiger partial charge in [-0.1, -0.05) is 18.2 Å². The van der Waals surface area contributed by atoms with E-state index >= 15 is 0 Å². The van der Waals surface area contributed by atoms with E-state index in [2.05, 4.69) is 9.97 Å². The number of para-hydroxylation sites is 1. The summed E-state index contributed by atoms with van der Waals surface area (Å²) in [7, 11) is 0. The third-order valence-electron chi connectivity index (χ3n) is 4.55. The maximum absolute atomic E-state index is 12.9. The summed E-state index contributed by atoms with van der Waals surface area (Å²) in [4.78, 5) is 37.5. The first kappa shape index (κ1) is 18.5. The quantitative estimate of drug-likeness (QED) is 0.504. The van der Waals surface area contributed by atoms with E-state index in [1.165, 1.54) is 29.6 Å². The van der Waals surface area contributed by atoms with Crippen LogP contribution in [0.1, 0.15) is 23.1 Å². The molecular weight excluding hydrogens is 392 g/mol. The van der Waals surface area contributed by atoms with Gasteiger partial charge in [-0.25, -0.2) is 9.97 Å². The molecule has 0 bridgehead atoms. The summed E-state index contributed by atoms with van der Waals surface area (Å²) in [5.74, 6) is -0.114. The highest BCUT2D eigenvalue weighted by Gasteiger charge is 2.18. The Labute approximate surface area is 169 Å². The Kier molecular flexibility index (Phi) is 4.82. The fourth-order valence-corrected chi connectivity index (χ4v) is 4.90. The molecule has 0 N–H and O–H groups in total. The van der Waals surface area contributed by atoms with Crippen molar-refractivity contribution in [3.8, 4) is 0 Å². The molecular formula is C20H18N4O2S2. The predicted molar refractivity (Wildman–Crippen MR) is 114 cm³/mol. The molecule has 3 aromatic heterocycles. The molecule has 8 heteroatoms. The molecule has 0 aliphatic carbocycles. The number of rotatable bonds is 4. The van der Waals surface area contributed by atoms with Gasteiger partial charge < -0.3 is 0 Å². The van der Waals surface area contributed by atoms with Crippen LogP contribution in [0.25, 0.3) is 10.2 Å². The van der Waals surface area contributed by atoms with Crippen LogP contribution in [-0.4, -0.2) is 20.4 Å². The minimum absolute atomic E-state index is 0.0621. The average Bonchev–Trinajstić information content (AvgIpc) is 3.23. The Hall–Kier alpha value is -2.84. The number of thiazole rings is 1. The van der Waals surface area contributed by atoms with Crippen molar-refractivity contribution in [2.45, 2.75) is 27.3 Å². The maximum Gasteiger partial charge on any atom is 0.262 e. The molecule has 4 rings (SSSR count). The lowest BCUT2D eigenvalue weighted by atomic mass is 10.2. The number of aryl methyl sites for hydroxylation is 2. The van der Waals surface area contributed by atoms with Gasteiger partial charge in [0.1, 0.15) is 4.83 Å². The molecule has 0 spiro atoms. The van der Waals surface area contributed by atoms with E-state index in [0.717, 1.165) is 26.7 Å². The van der Waals surface area contributed by atoms with Gasteiger partial charge in [-0.3, -0.25) is 19.1 Å². The molecule has 0 saturated carbocycles. The molecule has 4 aromatic rings. The fourth-order valence-electron chi connectivity index (χ4n) is 3.03. The van der Waals surface area contributed by atoms with Crippen molar-refractivity contribution >= 4 is 49.6 Å². The first-order valence-electron chi connectivity index (χ1n) is 8.71. The van der Waals surface area contributed by atoms with Crippen LogP contribution in [-0.2, 0) is 11.3 Å². The van der Waals surface area contributed by atoms with Crippen molar-refractivity contribution in [2.24, 2.45) is 0 Å². The normalized spacial score (nSPS) is 11.1. The highest BCUT2D eigenvalue weighted by Crippen LogP contribution is 2.29. The lowest BCUT2D eigenvalue weighted by Crippen LogP contribution is -2.23. The van der Waals surface area contributed by atoms with E-state index in [4.69, 9.17) is 0 Å². The van der Waals surface area contributed by atoms with Crippen molar-refractivity contribution in [1.29, 1.82) is 0 Å². The number of carbonyl (C=O) groups excluding carboxylic acids is 1. The van der Waals surface area contributed by atoms with E-state index < -0.39 is 0 Å². The van der Waals surface area contributed by atoms with Crippen LogP contribution in [0.5, 0.6) is 0 Å². The largest absolute Gasteiger partial charge is 0.293 e. The van der Waals surface area contributed by atoms with Crippen LogP contribution >= 0.6 is 22.7 Å². The van der Waals surface area contributed by atoms with E-state index in [-0.39, 0.29) is 11.5 Å². The van der Waals surface area contributed by atoms with Gasteiger partial charge in [0.2, 0.25) is 5.91 Å². The summed E-state index contributed by atoms with van der Waals surface area (Å²) in [6.07, 6.45) is 1.57. The summed E-state index contributed by atoms with van der Waals surface area (Å²) in [6.45, 7) is 5.77. The minimum atomic E-state index is -0.114. The van der Waals surface area contributed by atoms with Gasteiger partial charge in [-0.2, -0.15) is 0 Å². The number of amides is 1. The third-order valence-corrected chi connectivity index (χ3v) is 6.54. The number of benzene rings is 1. The molecule has 0 fully saturated rings. The van der Waals surface area contributed by atoms with Crippen LogP contribution in [0.15, 0.2) is 46.8 Å². The number of nitrogens with zero attached hydrogens (tertiary/aromatic N) is 4. The highest BCUT2D eigenvalue weighted by molar-refractivity contribution is 7.18. The first-order chi connectivity index (χ1) is 13.5. The summed E-state index contributed by atoms with van der Waals surface area (Å²) < 4.78 is 1.57. The summed E-state index contributed by atoms with van der Waals surface area (Å²) in [5, 5.41) is 3.13. The lowest BCUT2D eigenvalue weighted by molar-refractivity contribution is -0.115. The number of thiophene rings is 1. The van der Waals surface area contributed by atoms with Gasteiger partial charge in [0.25, 0.3) is 5.56 Å². The zero-order valence-electron chi connectivity index (χ0n) is 15.7. The van der Waals surface area contributed by atoms with Gasteiger partial charge >= 0.3 is 0 Å². The van der Waals surface area contributed by atoms with Crippen molar-refractivity contribution in [2.75, 3.05) is 4.90 Å². The van der Waals surface area contributed by atoms with E-state index in [0.29, 0.717) is 17.1 Å². The summed E-state index contributed by atoms with van der Waals surface area (Å²) in [5.41, 5.74) is 2.40. The maximum atomic E-state index is 12.9. The number of hydrogen-bond acceptors (Lipinski definition) is 6. The van der Waals surface area contributed by atoms with Gasteiger partial charge in [0.05, 0.1) is 29.6 Å². The smallest absolute Gasteiger partial charge is 0.262 e. The van der Waals surface area contributed by atoms with Crippen LogP contribution in [0.2, 0.25) is 0 Å². The molecule has 6 nitrogen and oxygen atoms in total. The van der Waals surface area contributed by atoms with E-state index in [1.807, 2.05) is 49.6 Å². The molecule has 0 radical (unpaired) electrons. The second kappa shape index (κ2) is 7.29. The minimum Gasteiger partial charge on any atom is -0.293 e. The SMILES string of the molecule is CC(=O)N(c1ccccc1)c1nc(Cn2cnc3sc(C)c(C)c3c2=O)cs1. The predicted octanol–water partition coefficient (Wildman–Crippen LogP) is 4.26. The topological polar surface area (TPSA) is 68.1 Å². The molecule has 0 unspecified atom stereocenters. The van der Waals surface area contributed by atoms with Crippen LogP contribution in [0.4, 0.5) is 10.8 Å². The van der Waals surface area contributed by atoms with Gasteiger partial charge in [-0.15, -0.1) is 22.7 Å². The van der Waals surface area contributed by atoms with Crippen LogP contribution in [0, 0.1) is 13.8 Å². The molecule has 0 saturated heterocycles. The molecule has 142 valence electrons. The molecule has 0 atom stereocenters. The monoisotopic (exact) mass is 410 g/mol. The van der Waals surface area contributed by atoms with Gasteiger partial charge in [0.15, 0.2) is 5.13 Å². The molecule has 1 amide bonds. The molecule has 3 heterocycles. The lowest BCUT2D eigenvalue weighted by Gasteiger charge is -2.17. The molecule has 0 aliphatic heterocycles. The van der Waals surface area contributed by atoms with Crippen molar-refractivity contribution < 1.29 is 4.79 Å². The second-order valence-corrected chi connectivity index (χ2v) is 8.49. The van der Waals surface area contributed by atoms with E-state index in [9.17, 15) is 9.59 Å². The molecule has 0 aliphatic rings. The van der Waals surface area contributed by atoms with Gasteiger partial charge in [-0.05, 0) is 31.5 Å². The number of aromatic nitrogens is 3. The number of anilines is 2. The zero-order valence-corrected chi connectivity index (χ0v) is 17.3. The Balaban J connectivity index is 1.68. The Morgan fingerprint density at radius 1 is 1.21 bits per heavy atom. The Morgan fingerprint density at radius 3 is 2.68 bits per heavy atom. The second-order valence-electron chi connectivity index (χ2n) is 6.45. The van der Waals surface area contributed by atoms with Gasteiger partial charge in [0, 0.05) is 17.2 Å². The first-order valence-corrected chi connectivity index (χ1v) is 10.4. The standard InChI is InChI=1S/C20H18N4O2S2/c1-12-13(2)28-18-17(12)19(26)23(11-21-18)9-15-10-27-20(22-15)24(14(3)25)16-7-5-4-6-8-16/h4-8,10-11H,9H2,1-3H3. The highest BCUT2D eigenvalue weighted by atomic mass is 32.1. The number of carbonyl (C=O) groups is 1. The number of fused-ring (bicyclic) bond motifs is 1. The van der Waals surface area contributed by atoms with Crippen LogP contribution < -0.4 is 10.5 Å². The van der Waals surface area contributed by atoms with Crippen molar-refractivity contribution in [1.82, 2.24) is 14.5 Å². The van der Waals surface area contributed by atoms with Crippen molar-refractivity contribution in [3.05, 3.63) is 68.5 Å². The Morgan fingerprint density at radius 2 is 1.96 bits per heavy atom. The van der Waals surface area contributed by atoms with E-state index in [1.54, 1.807) is 15.8 Å². The Bertz CT molecular complexity index is 1220.